The number of hydrogen-bond acceptors (Lipinski definition) is 7. The quantitative estimate of drug-likeness (QED) is 0.659. The molecule has 3 aromatic rings. The van der Waals surface area contributed by atoms with E-state index in [-0.39, 0.29) is 12.5 Å². The molecule has 8 heteroatoms. The maximum absolute atomic E-state index is 12.3. The van der Waals surface area contributed by atoms with Gasteiger partial charge in [-0.05, 0) is 31.5 Å². The van der Waals surface area contributed by atoms with E-state index in [4.69, 9.17) is 9.78 Å². The molecule has 1 aliphatic rings. The highest BCUT2D eigenvalue weighted by molar-refractivity contribution is 7.22. The minimum absolute atomic E-state index is 0.0993. The third-order valence-electron chi connectivity index (χ3n) is 4.29. The van der Waals surface area contributed by atoms with Gasteiger partial charge in [0.1, 0.15) is 12.3 Å². The molecule has 1 saturated heterocycles. The molecular formula is C17H15N5O2S. The molecule has 0 saturated carbocycles. The molecule has 3 heterocycles. The Morgan fingerprint density at radius 2 is 2.16 bits per heavy atom. The number of aromatic nitrogens is 2. The number of carbonyl (C=O) groups excluding carboxylic acids is 1. The summed E-state index contributed by atoms with van der Waals surface area (Å²) < 4.78 is 6.26. The van der Waals surface area contributed by atoms with E-state index < -0.39 is 0 Å². The Hall–Kier alpha value is -2.92. The molecule has 0 unspecified atom stereocenters. The van der Waals surface area contributed by atoms with Crippen LogP contribution < -0.4 is 4.90 Å². The molecule has 1 aromatic carbocycles. The van der Waals surface area contributed by atoms with E-state index in [2.05, 4.69) is 10.1 Å². The van der Waals surface area contributed by atoms with E-state index in [0.29, 0.717) is 18.2 Å². The zero-order valence-electron chi connectivity index (χ0n) is 13.8. The first kappa shape index (κ1) is 15.6. The lowest BCUT2D eigenvalue weighted by atomic mass is 10.0. The molecular weight excluding hydrogens is 338 g/mol. The Labute approximate surface area is 148 Å². The van der Waals surface area contributed by atoms with Gasteiger partial charge in [0.05, 0.1) is 15.9 Å². The summed E-state index contributed by atoms with van der Waals surface area (Å²) >= 11 is 1.48. The summed E-state index contributed by atoms with van der Waals surface area (Å²) in [7, 11) is 0. The lowest BCUT2D eigenvalue weighted by Gasteiger charge is -2.29. The number of aryl methyl sites for hydroxylation is 2. The third-order valence-corrected chi connectivity index (χ3v) is 5.35. The Balaban J connectivity index is 1.70. The molecule has 126 valence electrons. The van der Waals surface area contributed by atoms with E-state index in [1.807, 2.05) is 38.2 Å². The second-order valence-corrected chi connectivity index (χ2v) is 6.95. The van der Waals surface area contributed by atoms with Gasteiger partial charge in [-0.25, -0.2) is 4.98 Å². The van der Waals surface area contributed by atoms with Crippen LogP contribution in [0.1, 0.15) is 11.5 Å². The second-order valence-electron chi connectivity index (χ2n) is 5.95. The van der Waals surface area contributed by atoms with E-state index in [1.165, 1.54) is 16.2 Å². The molecule has 25 heavy (non-hydrogen) atoms. The summed E-state index contributed by atoms with van der Waals surface area (Å²) in [6.45, 7) is 4.91. The summed E-state index contributed by atoms with van der Waals surface area (Å²) in [5, 5.41) is 13.6. The zero-order chi connectivity index (χ0) is 17.6. The fourth-order valence-corrected chi connectivity index (χ4v) is 4.03. The Morgan fingerprint density at radius 1 is 1.32 bits per heavy atom. The molecule has 0 atom stereocenters. The molecule has 0 bridgehead atoms. The first-order chi connectivity index (χ1) is 12.1. The van der Waals surface area contributed by atoms with Gasteiger partial charge in [0.25, 0.3) is 0 Å². The number of amides is 1. The number of nitrogens with zero attached hydrogens (tertiary/aromatic N) is 5. The molecule has 0 spiro atoms. The van der Waals surface area contributed by atoms with E-state index in [9.17, 15) is 4.79 Å². The van der Waals surface area contributed by atoms with Gasteiger partial charge in [0.2, 0.25) is 5.91 Å². The monoisotopic (exact) mass is 353 g/mol. The van der Waals surface area contributed by atoms with Gasteiger partial charge in [-0.1, -0.05) is 22.6 Å². The molecule has 0 N–H and O–H groups in total. The Bertz CT molecular complexity index is 996. The van der Waals surface area contributed by atoms with Gasteiger partial charge in [0, 0.05) is 18.7 Å². The minimum Gasteiger partial charge on any atom is -0.361 e. The van der Waals surface area contributed by atoms with Crippen LogP contribution in [0.25, 0.3) is 21.3 Å². The molecule has 0 radical (unpaired) electrons. The summed E-state index contributed by atoms with van der Waals surface area (Å²) in [6.07, 6.45) is 2.02. The van der Waals surface area contributed by atoms with Gasteiger partial charge >= 0.3 is 0 Å². The molecule has 0 aliphatic carbocycles. The van der Waals surface area contributed by atoms with Crippen LogP contribution >= 0.6 is 11.3 Å². The van der Waals surface area contributed by atoms with Crippen molar-refractivity contribution in [1.82, 2.24) is 15.0 Å². The summed E-state index contributed by atoms with van der Waals surface area (Å²) in [4.78, 5) is 20.0. The second kappa shape index (κ2) is 5.86. The lowest BCUT2D eigenvalue weighted by molar-refractivity contribution is -0.120. The predicted molar refractivity (Wildman–Crippen MR) is 94.1 cm³/mol. The fourth-order valence-electron chi connectivity index (χ4n) is 3.04. The van der Waals surface area contributed by atoms with Crippen molar-refractivity contribution >= 4 is 32.6 Å². The van der Waals surface area contributed by atoms with Crippen LogP contribution in [0.4, 0.5) is 5.13 Å². The van der Waals surface area contributed by atoms with Crippen molar-refractivity contribution in [2.24, 2.45) is 0 Å². The first-order valence-corrected chi connectivity index (χ1v) is 8.67. The Morgan fingerprint density at radius 3 is 2.84 bits per heavy atom. The number of hydrogen-bond donors (Lipinski definition) is 0. The summed E-state index contributed by atoms with van der Waals surface area (Å²) in [5.74, 6) is 0.674. The van der Waals surface area contributed by atoms with Crippen molar-refractivity contribution in [3.05, 3.63) is 29.7 Å². The van der Waals surface area contributed by atoms with Crippen molar-refractivity contribution in [3.8, 4) is 17.3 Å². The van der Waals surface area contributed by atoms with Gasteiger partial charge in [0.15, 0.2) is 11.3 Å². The van der Waals surface area contributed by atoms with E-state index >= 15 is 0 Å². The van der Waals surface area contributed by atoms with Crippen molar-refractivity contribution < 1.29 is 9.32 Å². The van der Waals surface area contributed by atoms with E-state index in [0.717, 1.165) is 32.8 Å². The van der Waals surface area contributed by atoms with Crippen LogP contribution in [0.5, 0.6) is 0 Å². The van der Waals surface area contributed by atoms with Gasteiger partial charge in [-0.15, -0.1) is 0 Å². The highest BCUT2D eigenvalue weighted by Crippen LogP contribution is 2.34. The topological polar surface area (TPSA) is 86.3 Å². The van der Waals surface area contributed by atoms with Crippen molar-refractivity contribution in [2.45, 2.75) is 13.8 Å². The SMILES string of the molecule is Cc1noc(C)c1-c1ccc2sc(N3CCN(C#N)CC3=O)nc2c1. The van der Waals surface area contributed by atoms with Crippen LogP contribution in [0.15, 0.2) is 22.7 Å². The molecule has 1 fully saturated rings. The number of benzene rings is 1. The molecule has 7 nitrogen and oxygen atoms in total. The smallest absolute Gasteiger partial charge is 0.249 e. The van der Waals surface area contributed by atoms with Gasteiger partial charge < -0.3 is 4.52 Å². The molecule has 4 rings (SSSR count). The fraction of sp³-hybridized carbons (Fsp3) is 0.294. The number of nitriles is 1. The maximum Gasteiger partial charge on any atom is 0.249 e. The lowest BCUT2D eigenvalue weighted by Crippen LogP contribution is -2.48. The molecule has 1 aliphatic heterocycles. The first-order valence-electron chi connectivity index (χ1n) is 7.85. The van der Waals surface area contributed by atoms with Crippen LogP contribution in [-0.4, -0.2) is 40.6 Å². The normalized spacial score (nSPS) is 15.0. The maximum atomic E-state index is 12.3. The standard InChI is InChI=1S/C17H15N5O2S/c1-10-16(11(2)24-20-10)12-3-4-14-13(7-12)19-17(25-14)22-6-5-21(9-18)8-15(22)23/h3-4,7H,5-6,8H2,1-2H3. The average Bonchev–Trinajstić information content (AvgIpc) is 3.17. The number of piperazine rings is 1. The Kier molecular flexibility index (Phi) is 3.66. The van der Waals surface area contributed by atoms with Gasteiger partial charge in [-0.2, -0.15) is 5.26 Å². The van der Waals surface area contributed by atoms with Gasteiger partial charge in [-0.3, -0.25) is 14.6 Å². The number of rotatable bonds is 2. The van der Waals surface area contributed by atoms with Crippen LogP contribution in [-0.2, 0) is 4.79 Å². The minimum atomic E-state index is -0.0993. The van der Waals surface area contributed by atoms with Crippen molar-refractivity contribution in [1.29, 1.82) is 5.26 Å². The van der Waals surface area contributed by atoms with Crippen LogP contribution in [0.2, 0.25) is 0 Å². The van der Waals surface area contributed by atoms with Crippen LogP contribution in [0.3, 0.4) is 0 Å². The number of fused-ring (bicyclic) bond motifs is 1. The average molecular weight is 353 g/mol. The summed E-state index contributed by atoms with van der Waals surface area (Å²) in [5.41, 5.74) is 3.67. The number of anilines is 1. The highest BCUT2D eigenvalue weighted by atomic mass is 32.1. The summed E-state index contributed by atoms with van der Waals surface area (Å²) in [6, 6.07) is 6.03. The zero-order valence-corrected chi connectivity index (χ0v) is 14.6. The van der Waals surface area contributed by atoms with E-state index in [1.54, 1.807) is 4.90 Å². The van der Waals surface area contributed by atoms with Crippen molar-refractivity contribution in [2.75, 3.05) is 24.5 Å². The largest absolute Gasteiger partial charge is 0.361 e. The third kappa shape index (κ3) is 2.62. The number of carbonyl (C=O) groups is 1. The highest BCUT2D eigenvalue weighted by Gasteiger charge is 2.26. The van der Waals surface area contributed by atoms with Crippen molar-refractivity contribution in [3.63, 3.8) is 0 Å². The number of thiazole rings is 1. The molecule has 1 amide bonds. The predicted octanol–water partition coefficient (Wildman–Crippen LogP) is 2.70. The molecule has 2 aromatic heterocycles. The van der Waals surface area contributed by atoms with Crippen LogP contribution in [0, 0.1) is 25.3 Å².